The summed E-state index contributed by atoms with van der Waals surface area (Å²) in [5, 5.41) is 4.61. The summed E-state index contributed by atoms with van der Waals surface area (Å²) < 4.78 is 18.8. The molecule has 0 atom stereocenters. The maximum absolute atomic E-state index is 12.4. The summed E-state index contributed by atoms with van der Waals surface area (Å²) in [5.74, 6) is -0.949. The van der Waals surface area contributed by atoms with Crippen molar-refractivity contribution in [3.63, 3.8) is 0 Å². The van der Waals surface area contributed by atoms with Gasteiger partial charge in [-0.05, 0) is 38.0 Å². The molecule has 25 heavy (non-hydrogen) atoms. The highest BCUT2D eigenvalue weighted by Gasteiger charge is 2.43. The predicted molar refractivity (Wildman–Crippen MR) is 90.9 cm³/mol. The minimum absolute atomic E-state index is 0.334. The van der Waals surface area contributed by atoms with E-state index in [9.17, 15) is 4.79 Å². The van der Waals surface area contributed by atoms with Crippen molar-refractivity contribution in [3.8, 4) is 5.69 Å². The number of benzene rings is 1. The molecule has 1 spiro atoms. The Morgan fingerprint density at radius 2 is 2.16 bits per heavy atom. The molecule has 1 aliphatic heterocycles. The van der Waals surface area contributed by atoms with Crippen LogP contribution in [0.1, 0.15) is 40.7 Å². The van der Waals surface area contributed by atoms with E-state index in [1.807, 2.05) is 29.8 Å². The molecule has 0 amide bonds. The van der Waals surface area contributed by atoms with Crippen LogP contribution in [0, 0.1) is 6.92 Å². The first-order valence-corrected chi connectivity index (χ1v) is 8.75. The van der Waals surface area contributed by atoms with Gasteiger partial charge in [0.2, 0.25) is 0 Å². The van der Waals surface area contributed by atoms with Gasteiger partial charge in [-0.15, -0.1) is 0 Å². The van der Waals surface area contributed by atoms with E-state index in [-0.39, 0.29) is 5.97 Å². The molecular weight excluding hydrogens is 320 g/mol. The van der Waals surface area contributed by atoms with Gasteiger partial charge in [0, 0.05) is 18.4 Å². The third kappa shape index (κ3) is 2.85. The summed E-state index contributed by atoms with van der Waals surface area (Å²) >= 11 is 0. The highest BCUT2D eigenvalue weighted by atomic mass is 16.7. The Kier molecular flexibility index (Phi) is 4.09. The zero-order valence-electron chi connectivity index (χ0n) is 14.6. The average Bonchev–Trinajstić information content (AvgIpc) is 3.20. The number of ether oxygens (including phenoxy) is 3. The van der Waals surface area contributed by atoms with Crippen LogP contribution < -0.4 is 0 Å². The molecule has 1 aliphatic carbocycles. The lowest BCUT2D eigenvalue weighted by Gasteiger charge is -2.31. The molecule has 4 rings (SSSR count). The highest BCUT2D eigenvalue weighted by Crippen LogP contribution is 2.37. The standard InChI is InChI=1S/C19H22N2O4/c1-3-23-18(22)17-15-7-8-19(24-9-10-25-19)12-16(15)21(20-17)14-6-4-5-13(2)11-14/h4-6,11H,3,7-10,12H2,1-2H3. The van der Waals surface area contributed by atoms with E-state index in [0.29, 0.717) is 38.4 Å². The molecule has 1 aromatic heterocycles. The van der Waals surface area contributed by atoms with Crippen molar-refractivity contribution in [2.24, 2.45) is 0 Å². The highest BCUT2D eigenvalue weighted by molar-refractivity contribution is 5.89. The number of fused-ring (bicyclic) bond motifs is 1. The summed E-state index contributed by atoms with van der Waals surface area (Å²) in [4.78, 5) is 12.4. The fraction of sp³-hybridized carbons (Fsp3) is 0.474. The topological polar surface area (TPSA) is 62.6 Å². The Labute approximate surface area is 146 Å². The third-order valence-corrected chi connectivity index (χ3v) is 4.81. The van der Waals surface area contributed by atoms with Crippen LogP contribution in [0.2, 0.25) is 0 Å². The quantitative estimate of drug-likeness (QED) is 0.802. The van der Waals surface area contributed by atoms with E-state index in [1.54, 1.807) is 6.92 Å². The maximum Gasteiger partial charge on any atom is 0.359 e. The van der Waals surface area contributed by atoms with Crippen molar-refractivity contribution >= 4 is 5.97 Å². The number of hydrogen-bond acceptors (Lipinski definition) is 5. The number of esters is 1. The van der Waals surface area contributed by atoms with Crippen LogP contribution in [-0.4, -0.2) is 41.4 Å². The van der Waals surface area contributed by atoms with Crippen molar-refractivity contribution in [1.82, 2.24) is 9.78 Å². The Bertz CT molecular complexity index is 806. The predicted octanol–water partition coefficient (Wildman–Crippen LogP) is 2.59. The van der Waals surface area contributed by atoms with E-state index in [1.165, 1.54) is 0 Å². The van der Waals surface area contributed by atoms with Crippen LogP contribution in [0.25, 0.3) is 5.69 Å². The minimum atomic E-state index is -0.583. The van der Waals surface area contributed by atoms with E-state index >= 15 is 0 Å². The molecule has 1 fully saturated rings. The van der Waals surface area contributed by atoms with E-state index in [4.69, 9.17) is 14.2 Å². The van der Waals surface area contributed by atoms with Crippen LogP contribution in [-0.2, 0) is 27.1 Å². The van der Waals surface area contributed by atoms with Gasteiger partial charge < -0.3 is 14.2 Å². The molecule has 2 aliphatic rings. The molecule has 0 unspecified atom stereocenters. The average molecular weight is 342 g/mol. The van der Waals surface area contributed by atoms with Crippen molar-refractivity contribution in [3.05, 3.63) is 46.8 Å². The number of carbonyl (C=O) groups excluding carboxylic acids is 1. The first-order valence-electron chi connectivity index (χ1n) is 8.75. The number of rotatable bonds is 3. The lowest BCUT2D eigenvalue weighted by atomic mass is 9.90. The smallest absolute Gasteiger partial charge is 0.359 e. The maximum atomic E-state index is 12.4. The van der Waals surface area contributed by atoms with Gasteiger partial charge in [0.25, 0.3) is 0 Å². The zero-order chi connectivity index (χ0) is 17.4. The molecular formula is C19H22N2O4. The third-order valence-electron chi connectivity index (χ3n) is 4.81. The minimum Gasteiger partial charge on any atom is -0.461 e. The van der Waals surface area contributed by atoms with Gasteiger partial charge in [0.05, 0.1) is 31.2 Å². The molecule has 0 radical (unpaired) electrons. The van der Waals surface area contributed by atoms with Crippen molar-refractivity contribution in [2.45, 2.75) is 38.9 Å². The molecule has 132 valence electrons. The van der Waals surface area contributed by atoms with Gasteiger partial charge in [-0.1, -0.05) is 12.1 Å². The Morgan fingerprint density at radius 1 is 1.36 bits per heavy atom. The van der Waals surface area contributed by atoms with Crippen LogP contribution in [0.15, 0.2) is 24.3 Å². The number of carbonyl (C=O) groups is 1. The Hall–Kier alpha value is -2.18. The van der Waals surface area contributed by atoms with Gasteiger partial charge in [-0.25, -0.2) is 9.48 Å². The van der Waals surface area contributed by atoms with Crippen LogP contribution in [0.5, 0.6) is 0 Å². The molecule has 6 heteroatoms. The van der Waals surface area contributed by atoms with E-state index in [2.05, 4.69) is 11.2 Å². The first kappa shape index (κ1) is 16.3. The second-order valence-corrected chi connectivity index (χ2v) is 6.53. The SMILES string of the molecule is CCOC(=O)c1nn(-c2cccc(C)c2)c2c1CCC1(C2)OCCO1. The monoisotopic (exact) mass is 342 g/mol. The summed E-state index contributed by atoms with van der Waals surface area (Å²) in [7, 11) is 0. The van der Waals surface area contributed by atoms with Gasteiger partial charge in [-0.3, -0.25) is 0 Å². The lowest BCUT2D eigenvalue weighted by Crippen LogP contribution is -2.37. The first-order chi connectivity index (χ1) is 12.1. The second-order valence-electron chi connectivity index (χ2n) is 6.53. The van der Waals surface area contributed by atoms with Gasteiger partial charge in [-0.2, -0.15) is 5.10 Å². The van der Waals surface area contributed by atoms with Gasteiger partial charge >= 0.3 is 5.97 Å². The number of nitrogens with zero attached hydrogens (tertiary/aromatic N) is 2. The van der Waals surface area contributed by atoms with Crippen molar-refractivity contribution in [2.75, 3.05) is 19.8 Å². The molecule has 2 heterocycles. The summed E-state index contributed by atoms with van der Waals surface area (Å²) in [6.45, 7) is 5.39. The largest absolute Gasteiger partial charge is 0.461 e. The number of aryl methyl sites for hydroxylation is 1. The van der Waals surface area contributed by atoms with Gasteiger partial charge in [0.15, 0.2) is 11.5 Å². The fourth-order valence-electron chi connectivity index (χ4n) is 3.67. The van der Waals surface area contributed by atoms with Gasteiger partial charge in [0.1, 0.15) is 0 Å². The van der Waals surface area contributed by atoms with E-state index in [0.717, 1.165) is 28.9 Å². The van der Waals surface area contributed by atoms with Crippen LogP contribution in [0.4, 0.5) is 0 Å². The van der Waals surface area contributed by atoms with Crippen molar-refractivity contribution < 1.29 is 19.0 Å². The van der Waals surface area contributed by atoms with Crippen molar-refractivity contribution in [1.29, 1.82) is 0 Å². The Morgan fingerprint density at radius 3 is 2.88 bits per heavy atom. The molecule has 0 bridgehead atoms. The zero-order valence-corrected chi connectivity index (χ0v) is 14.6. The molecule has 1 aromatic carbocycles. The molecule has 1 saturated heterocycles. The molecule has 0 saturated carbocycles. The normalized spacial score (nSPS) is 18.3. The summed E-state index contributed by atoms with van der Waals surface area (Å²) in [6.07, 6.45) is 2.00. The summed E-state index contributed by atoms with van der Waals surface area (Å²) in [6, 6.07) is 8.08. The number of hydrogen-bond donors (Lipinski definition) is 0. The Balaban J connectivity index is 1.82. The molecule has 6 nitrogen and oxygen atoms in total. The fourth-order valence-corrected chi connectivity index (χ4v) is 3.67. The molecule has 0 N–H and O–H groups in total. The van der Waals surface area contributed by atoms with E-state index < -0.39 is 5.79 Å². The number of aromatic nitrogens is 2. The second kappa shape index (κ2) is 6.28. The summed E-state index contributed by atoms with van der Waals surface area (Å²) in [5.41, 5.74) is 4.40. The van der Waals surface area contributed by atoms with Crippen LogP contribution >= 0.6 is 0 Å². The van der Waals surface area contributed by atoms with Crippen LogP contribution in [0.3, 0.4) is 0 Å². The molecule has 2 aromatic rings. The lowest BCUT2D eigenvalue weighted by molar-refractivity contribution is -0.164.